The zero-order valence-corrected chi connectivity index (χ0v) is 15.4. The molecule has 0 aliphatic carbocycles. The third kappa shape index (κ3) is 5.43. The Bertz CT molecular complexity index is 753. The zero-order valence-electron chi connectivity index (χ0n) is 14.6. The zero-order chi connectivity index (χ0) is 19.4. The Morgan fingerprint density at radius 1 is 1.38 bits per heavy atom. The lowest BCUT2D eigenvalue weighted by Gasteiger charge is -2.23. The standard InChI is InChI=1S/C15H21F3N6OS/c1-4-19-13(20-6-12-23-11(8-26-12)15(16,17)18)21-9-14(2,25)10-5-22-24(3)7-10/h5,7-8,25H,4,6,9H2,1-3H3,(H2,19,20,21). The molecular weight excluding hydrogens is 369 g/mol. The van der Waals surface area contributed by atoms with E-state index in [2.05, 4.69) is 25.7 Å². The van der Waals surface area contributed by atoms with Crippen LogP contribution >= 0.6 is 11.3 Å². The molecule has 1 unspecified atom stereocenters. The summed E-state index contributed by atoms with van der Waals surface area (Å²) in [6.45, 7) is 4.21. The van der Waals surface area contributed by atoms with Gasteiger partial charge in [0, 0.05) is 30.7 Å². The van der Waals surface area contributed by atoms with Gasteiger partial charge in [0.15, 0.2) is 11.7 Å². The molecule has 2 aromatic rings. The van der Waals surface area contributed by atoms with E-state index >= 15 is 0 Å². The van der Waals surface area contributed by atoms with Crippen molar-refractivity contribution in [2.24, 2.45) is 12.0 Å². The predicted octanol–water partition coefficient (Wildman–Crippen LogP) is 1.86. The minimum absolute atomic E-state index is 0.00507. The van der Waals surface area contributed by atoms with Crippen LogP contribution in [0.1, 0.15) is 30.1 Å². The van der Waals surface area contributed by atoms with Gasteiger partial charge in [0.2, 0.25) is 0 Å². The first-order chi connectivity index (χ1) is 12.1. The fourth-order valence-electron chi connectivity index (χ4n) is 2.06. The van der Waals surface area contributed by atoms with Crippen molar-refractivity contribution in [2.75, 3.05) is 13.1 Å². The Balaban J connectivity index is 2.01. The molecule has 0 aromatic carbocycles. The molecule has 0 saturated carbocycles. The van der Waals surface area contributed by atoms with E-state index in [0.717, 1.165) is 16.7 Å². The molecule has 0 fully saturated rings. The summed E-state index contributed by atoms with van der Waals surface area (Å²) >= 11 is 0.906. The number of nitrogens with one attached hydrogen (secondary N) is 2. The van der Waals surface area contributed by atoms with E-state index < -0.39 is 17.5 Å². The maximum Gasteiger partial charge on any atom is 0.434 e. The maximum absolute atomic E-state index is 12.6. The van der Waals surface area contributed by atoms with Gasteiger partial charge in [-0.25, -0.2) is 9.98 Å². The van der Waals surface area contributed by atoms with Crippen LogP contribution in [0, 0.1) is 0 Å². The number of halogens is 3. The third-order valence-corrected chi connectivity index (χ3v) is 4.32. The van der Waals surface area contributed by atoms with E-state index in [9.17, 15) is 18.3 Å². The number of aliphatic hydroxyl groups is 1. The number of nitrogens with zero attached hydrogens (tertiary/aromatic N) is 4. The number of hydrogen-bond acceptors (Lipinski definition) is 5. The molecule has 0 aliphatic heterocycles. The molecule has 0 bridgehead atoms. The molecular formula is C15H21F3N6OS. The Morgan fingerprint density at radius 2 is 2.12 bits per heavy atom. The first-order valence-corrected chi connectivity index (χ1v) is 8.75. The van der Waals surface area contributed by atoms with E-state index in [0.29, 0.717) is 18.1 Å². The Kier molecular flexibility index (Phi) is 6.24. The monoisotopic (exact) mass is 390 g/mol. The highest BCUT2D eigenvalue weighted by atomic mass is 32.1. The van der Waals surface area contributed by atoms with Gasteiger partial charge >= 0.3 is 6.18 Å². The highest BCUT2D eigenvalue weighted by Crippen LogP contribution is 2.30. The van der Waals surface area contributed by atoms with Crippen LogP contribution in [0.2, 0.25) is 0 Å². The van der Waals surface area contributed by atoms with Gasteiger partial charge in [-0.3, -0.25) is 4.68 Å². The van der Waals surface area contributed by atoms with Gasteiger partial charge in [0.25, 0.3) is 0 Å². The van der Waals surface area contributed by atoms with Crippen molar-refractivity contribution in [1.29, 1.82) is 0 Å². The summed E-state index contributed by atoms with van der Waals surface area (Å²) < 4.78 is 39.3. The highest BCUT2D eigenvalue weighted by Gasteiger charge is 2.33. The Morgan fingerprint density at radius 3 is 2.65 bits per heavy atom. The van der Waals surface area contributed by atoms with Crippen molar-refractivity contribution in [3.63, 3.8) is 0 Å². The molecule has 0 amide bonds. The van der Waals surface area contributed by atoms with Gasteiger partial charge in [-0.2, -0.15) is 18.3 Å². The third-order valence-electron chi connectivity index (χ3n) is 3.49. The minimum atomic E-state index is -4.45. The predicted molar refractivity (Wildman–Crippen MR) is 92.7 cm³/mol. The van der Waals surface area contributed by atoms with Crippen molar-refractivity contribution >= 4 is 17.3 Å². The van der Waals surface area contributed by atoms with Crippen LogP contribution in [0.25, 0.3) is 0 Å². The number of rotatable bonds is 6. The van der Waals surface area contributed by atoms with Gasteiger partial charge < -0.3 is 15.7 Å². The van der Waals surface area contributed by atoms with Gasteiger partial charge in [0.05, 0.1) is 19.3 Å². The van der Waals surface area contributed by atoms with Gasteiger partial charge in [-0.05, 0) is 13.8 Å². The average molecular weight is 390 g/mol. The Hall–Kier alpha value is -2.14. The smallest absolute Gasteiger partial charge is 0.383 e. The number of guanidine groups is 1. The highest BCUT2D eigenvalue weighted by molar-refractivity contribution is 7.09. The summed E-state index contributed by atoms with van der Waals surface area (Å²) in [6, 6.07) is 0. The largest absolute Gasteiger partial charge is 0.434 e. The lowest BCUT2D eigenvalue weighted by Crippen LogP contribution is -2.44. The quantitative estimate of drug-likeness (QED) is 0.518. The SMILES string of the molecule is CCNC(=NCc1nc(C(F)(F)F)cs1)NCC(C)(O)c1cnn(C)c1. The van der Waals surface area contributed by atoms with E-state index in [1.165, 1.54) is 0 Å². The molecule has 1 atom stereocenters. The molecule has 0 saturated heterocycles. The van der Waals surface area contributed by atoms with Gasteiger partial charge in [-0.15, -0.1) is 11.3 Å². The van der Waals surface area contributed by atoms with Crippen molar-refractivity contribution < 1.29 is 18.3 Å². The maximum atomic E-state index is 12.6. The summed E-state index contributed by atoms with van der Waals surface area (Å²) in [5, 5.41) is 21.8. The number of alkyl halides is 3. The minimum Gasteiger partial charge on any atom is -0.383 e. The number of hydrogen-bond donors (Lipinski definition) is 3. The fraction of sp³-hybridized carbons (Fsp3) is 0.533. The normalized spacial score (nSPS) is 15.0. The summed E-state index contributed by atoms with van der Waals surface area (Å²) in [5.41, 5.74) is -1.46. The second-order valence-electron chi connectivity index (χ2n) is 5.85. The van der Waals surface area contributed by atoms with Gasteiger partial charge in [0.1, 0.15) is 10.6 Å². The molecule has 11 heteroatoms. The van der Waals surface area contributed by atoms with Crippen molar-refractivity contribution in [2.45, 2.75) is 32.2 Å². The van der Waals surface area contributed by atoms with Crippen molar-refractivity contribution in [3.05, 3.63) is 34.0 Å². The topological polar surface area (TPSA) is 87.4 Å². The van der Waals surface area contributed by atoms with Gasteiger partial charge in [-0.1, -0.05) is 0 Å². The molecule has 2 rings (SSSR count). The number of thiazole rings is 1. The molecule has 7 nitrogen and oxygen atoms in total. The van der Waals surface area contributed by atoms with Crippen LogP contribution < -0.4 is 10.6 Å². The molecule has 26 heavy (non-hydrogen) atoms. The second kappa shape index (κ2) is 8.04. The molecule has 0 spiro atoms. The van der Waals surface area contributed by atoms with E-state index in [-0.39, 0.29) is 18.1 Å². The molecule has 144 valence electrons. The molecule has 2 heterocycles. The summed E-state index contributed by atoms with van der Waals surface area (Å²) in [6.07, 6.45) is -1.18. The number of aryl methyl sites for hydroxylation is 1. The molecule has 0 radical (unpaired) electrons. The summed E-state index contributed by atoms with van der Waals surface area (Å²) in [5.74, 6) is 0.375. The lowest BCUT2D eigenvalue weighted by molar-refractivity contribution is -0.140. The van der Waals surface area contributed by atoms with Crippen molar-refractivity contribution in [3.8, 4) is 0 Å². The van der Waals surface area contributed by atoms with Crippen LogP contribution in [0.3, 0.4) is 0 Å². The van der Waals surface area contributed by atoms with Crippen LogP contribution in [-0.4, -0.2) is 38.9 Å². The second-order valence-corrected chi connectivity index (χ2v) is 6.79. The van der Waals surface area contributed by atoms with E-state index in [1.807, 2.05) is 6.92 Å². The van der Waals surface area contributed by atoms with Crippen LogP contribution in [0.5, 0.6) is 0 Å². The fourth-order valence-corrected chi connectivity index (χ4v) is 2.78. The molecule has 3 N–H and O–H groups in total. The number of aromatic nitrogens is 3. The average Bonchev–Trinajstić information content (AvgIpc) is 3.19. The molecule has 0 aliphatic rings. The van der Waals surface area contributed by atoms with Crippen LogP contribution in [-0.2, 0) is 25.4 Å². The first-order valence-electron chi connectivity index (χ1n) is 7.87. The van der Waals surface area contributed by atoms with Crippen LogP contribution in [0.4, 0.5) is 13.2 Å². The van der Waals surface area contributed by atoms with E-state index in [1.54, 1.807) is 31.0 Å². The van der Waals surface area contributed by atoms with Crippen molar-refractivity contribution in [1.82, 2.24) is 25.4 Å². The molecule has 2 aromatic heterocycles. The van der Waals surface area contributed by atoms with Crippen LogP contribution in [0.15, 0.2) is 22.8 Å². The first kappa shape index (κ1) is 20.2. The summed E-state index contributed by atoms with van der Waals surface area (Å²) in [4.78, 5) is 7.77. The van der Waals surface area contributed by atoms with E-state index in [4.69, 9.17) is 0 Å². The Labute approximate surface area is 153 Å². The number of aliphatic imine (C=N–C) groups is 1. The lowest BCUT2D eigenvalue weighted by atomic mass is 10.00. The summed E-state index contributed by atoms with van der Waals surface area (Å²) in [7, 11) is 1.75.